The van der Waals surface area contributed by atoms with Gasteiger partial charge in [-0.2, -0.15) is 13.2 Å². The van der Waals surface area contributed by atoms with Gasteiger partial charge in [-0.05, 0) is 12.1 Å². The predicted molar refractivity (Wildman–Crippen MR) is 75.7 cm³/mol. The van der Waals surface area contributed by atoms with Gasteiger partial charge in [-0.15, -0.1) is 5.10 Å². The van der Waals surface area contributed by atoms with Crippen LogP contribution >= 0.6 is 0 Å². The summed E-state index contributed by atoms with van der Waals surface area (Å²) < 4.78 is 62.5. The van der Waals surface area contributed by atoms with E-state index in [1.165, 1.54) is 24.0 Å². The summed E-state index contributed by atoms with van der Waals surface area (Å²) in [7, 11) is -1.85. The molecule has 0 amide bonds. The molecule has 0 aromatic carbocycles. The number of pyridine rings is 1. The highest BCUT2D eigenvalue weighted by Gasteiger charge is 2.30. The number of hydrogen-bond donors (Lipinski definition) is 0. The molecule has 2 heterocycles. The van der Waals surface area contributed by atoms with Gasteiger partial charge in [0.15, 0.2) is 0 Å². The molecule has 2 aromatic rings. The average molecular weight is 349 g/mol. The van der Waals surface area contributed by atoms with Crippen LogP contribution in [0.25, 0.3) is 11.4 Å². The number of sulfonamides is 1. The molecule has 0 atom stereocenters. The SMILES string of the molecule is CN(CCn1cc(-c2ccc(C(F)(F)F)cn2)nn1)S(C)(=O)=O. The van der Waals surface area contributed by atoms with Crippen LogP contribution in [0.3, 0.4) is 0 Å². The maximum Gasteiger partial charge on any atom is 0.417 e. The van der Waals surface area contributed by atoms with Crippen LogP contribution in [0.5, 0.6) is 0 Å². The number of halogens is 3. The Bertz CT molecular complexity index is 771. The Hall–Kier alpha value is -2.01. The Kier molecular flexibility index (Phi) is 4.71. The highest BCUT2D eigenvalue weighted by atomic mass is 32.2. The first-order valence-electron chi connectivity index (χ1n) is 6.42. The highest BCUT2D eigenvalue weighted by molar-refractivity contribution is 7.88. The van der Waals surface area contributed by atoms with Gasteiger partial charge in [0.2, 0.25) is 10.0 Å². The van der Waals surface area contributed by atoms with Crippen molar-refractivity contribution in [3.63, 3.8) is 0 Å². The second kappa shape index (κ2) is 6.24. The Morgan fingerprint density at radius 2 is 1.96 bits per heavy atom. The minimum Gasteiger partial charge on any atom is -0.254 e. The van der Waals surface area contributed by atoms with Gasteiger partial charge in [0.25, 0.3) is 0 Å². The van der Waals surface area contributed by atoms with E-state index in [-0.39, 0.29) is 18.8 Å². The van der Waals surface area contributed by atoms with Crippen LogP contribution in [-0.2, 0) is 22.7 Å². The first-order valence-corrected chi connectivity index (χ1v) is 8.27. The molecule has 0 bridgehead atoms. The molecule has 2 rings (SSSR count). The third-order valence-electron chi connectivity index (χ3n) is 3.10. The van der Waals surface area contributed by atoms with Gasteiger partial charge >= 0.3 is 6.18 Å². The molecule has 0 aliphatic carbocycles. The zero-order chi connectivity index (χ0) is 17.3. The van der Waals surface area contributed by atoms with Crippen LogP contribution in [0.15, 0.2) is 24.5 Å². The van der Waals surface area contributed by atoms with Crippen molar-refractivity contribution in [2.75, 3.05) is 19.8 Å². The van der Waals surface area contributed by atoms with Gasteiger partial charge in [-0.3, -0.25) is 9.67 Å². The minimum atomic E-state index is -4.45. The summed E-state index contributed by atoms with van der Waals surface area (Å²) in [6.07, 6.45) is -1.14. The third-order valence-corrected chi connectivity index (χ3v) is 4.42. The summed E-state index contributed by atoms with van der Waals surface area (Å²) in [5.74, 6) is 0. The largest absolute Gasteiger partial charge is 0.417 e. The molecule has 126 valence electrons. The average Bonchev–Trinajstić information content (AvgIpc) is 2.91. The van der Waals surface area contributed by atoms with Crippen LogP contribution < -0.4 is 0 Å². The Balaban J connectivity index is 2.07. The van der Waals surface area contributed by atoms with Crippen LogP contribution in [0, 0.1) is 0 Å². The van der Waals surface area contributed by atoms with Crippen molar-refractivity contribution < 1.29 is 21.6 Å². The molecule has 0 saturated heterocycles. The minimum absolute atomic E-state index is 0.197. The lowest BCUT2D eigenvalue weighted by Gasteiger charge is -2.12. The summed E-state index contributed by atoms with van der Waals surface area (Å²) >= 11 is 0. The van der Waals surface area contributed by atoms with Gasteiger partial charge in [0, 0.05) is 19.8 Å². The molecular formula is C12H14F3N5O2S. The Labute approximate surface area is 130 Å². The molecule has 7 nitrogen and oxygen atoms in total. The lowest BCUT2D eigenvalue weighted by atomic mass is 10.2. The number of hydrogen-bond acceptors (Lipinski definition) is 5. The molecule has 0 fully saturated rings. The maximum atomic E-state index is 12.5. The van der Waals surface area contributed by atoms with Gasteiger partial charge in [0.05, 0.1) is 30.3 Å². The van der Waals surface area contributed by atoms with Crippen molar-refractivity contribution in [2.24, 2.45) is 0 Å². The van der Waals surface area contributed by atoms with E-state index in [1.54, 1.807) is 0 Å². The smallest absolute Gasteiger partial charge is 0.254 e. The Morgan fingerprint density at radius 3 is 2.48 bits per heavy atom. The molecule has 0 radical (unpaired) electrons. The Morgan fingerprint density at radius 1 is 1.26 bits per heavy atom. The van der Waals surface area contributed by atoms with E-state index >= 15 is 0 Å². The normalized spacial score (nSPS) is 12.8. The van der Waals surface area contributed by atoms with Crippen molar-refractivity contribution in [2.45, 2.75) is 12.7 Å². The van der Waals surface area contributed by atoms with Crippen molar-refractivity contribution in [3.8, 4) is 11.4 Å². The first kappa shape index (κ1) is 17.3. The van der Waals surface area contributed by atoms with Crippen molar-refractivity contribution in [1.29, 1.82) is 0 Å². The molecule has 0 spiro atoms. The third kappa shape index (κ3) is 4.48. The maximum absolute atomic E-state index is 12.5. The second-order valence-electron chi connectivity index (χ2n) is 4.88. The summed E-state index contributed by atoms with van der Waals surface area (Å²) in [6, 6.07) is 2.12. The molecule has 23 heavy (non-hydrogen) atoms. The van der Waals surface area contributed by atoms with Crippen molar-refractivity contribution >= 4 is 10.0 Å². The summed E-state index contributed by atoms with van der Waals surface area (Å²) in [6.45, 7) is 0.458. The lowest BCUT2D eigenvalue weighted by molar-refractivity contribution is -0.137. The van der Waals surface area contributed by atoms with Gasteiger partial charge in [-0.1, -0.05) is 5.21 Å². The molecular weight excluding hydrogens is 335 g/mol. The van der Waals surface area contributed by atoms with Gasteiger partial charge in [-0.25, -0.2) is 12.7 Å². The van der Waals surface area contributed by atoms with Crippen LogP contribution in [0.4, 0.5) is 13.2 Å². The van der Waals surface area contributed by atoms with Crippen LogP contribution in [0.2, 0.25) is 0 Å². The van der Waals surface area contributed by atoms with Crippen molar-refractivity contribution in [3.05, 3.63) is 30.1 Å². The topological polar surface area (TPSA) is 81.0 Å². The summed E-state index contributed by atoms with van der Waals surface area (Å²) in [5.41, 5.74) is -0.287. The van der Waals surface area contributed by atoms with Gasteiger partial charge in [0.1, 0.15) is 5.69 Å². The molecule has 0 aliphatic heterocycles. The lowest BCUT2D eigenvalue weighted by Crippen LogP contribution is -2.29. The van der Waals surface area contributed by atoms with Crippen molar-refractivity contribution in [1.82, 2.24) is 24.3 Å². The number of likely N-dealkylation sites (N-methyl/N-ethyl adjacent to an activating group) is 1. The number of alkyl halides is 3. The fourth-order valence-corrected chi connectivity index (χ4v) is 2.06. The first-order chi connectivity index (χ1) is 10.6. The predicted octanol–water partition coefficient (Wildman–Crippen LogP) is 1.25. The van der Waals surface area contributed by atoms with Crippen LogP contribution in [0.1, 0.15) is 5.56 Å². The molecule has 11 heteroatoms. The fraction of sp³-hybridized carbons (Fsp3) is 0.417. The standard InChI is InChI=1S/C12H14F3N5O2S/c1-19(23(2,21)22)5-6-20-8-11(17-18-20)10-4-3-9(7-16-10)12(13,14)15/h3-4,7-8H,5-6H2,1-2H3. The zero-order valence-electron chi connectivity index (χ0n) is 12.3. The van der Waals surface area contributed by atoms with E-state index < -0.39 is 21.8 Å². The van der Waals surface area contributed by atoms with Crippen LogP contribution in [-0.4, -0.2) is 52.5 Å². The molecule has 0 aliphatic rings. The zero-order valence-corrected chi connectivity index (χ0v) is 13.1. The number of rotatable bonds is 5. The molecule has 0 N–H and O–H groups in total. The van der Waals surface area contributed by atoms with E-state index in [0.717, 1.165) is 22.8 Å². The monoisotopic (exact) mass is 349 g/mol. The highest BCUT2D eigenvalue weighted by Crippen LogP contribution is 2.29. The van der Waals surface area contributed by atoms with E-state index in [9.17, 15) is 21.6 Å². The van der Waals surface area contributed by atoms with E-state index in [4.69, 9.17) is 0 Å². The van der Waals surface area contributed by atoms with E-state index in [0.29, 0.717) is 5.69 Å². The molecule has 0 unspecified atom stereocenters. The van der Waals surface area contributed by atoms with Gasteiger partial charge < -0.3 is 0 Å². The molecule has 0 saturated carbocycles. The second-order valence-corrected chi connectivity index (χ2v) is 6.97. The van der Waals surface area contributed by atoms with E-state index in [1.807, 2.05) is 0 Å². The molecule has 2 aromatic heterocycles. The fourth-order valence-electron chi connectivity index (χ4n) is 1.65. The quantitative estimate of drug-likeness (QED) is 0.812. The summed E-state index contributed by atoms with van der Waals surface area (Å²) in [5, 5.41) is 7.62. The summed E-state index contributed by atoms with van der Waals surface area (Å²) in [4.78, 5) is 3.72. The van der Waals surface area contributed by atoms with E-state index in [2.05, 4.69) is 15.3 Å². The number of nitrogens with zero attached hydrogens (tertiary/aromatic N) is 5. The number of aromatic nitrogens is 4.